The van der Waals surface area contributed by atoms with E-state index in [1.807, 2.05) is 0 Å². The number of aromatic nitrogens is 2. The first-order chi connectivity index (χ1) is 7.15. The maximum absolute atomic E-state index is 11.2. The Morgan fingerprint density at radius 1 is 1.73 bits per heavy atom. The highest BCUT2D eigenvalue weighted by atomic mass is 16.5. The van der Waals surface area contributed by atoms with Crippen LogP contribution in [0.4, 0.5) is 0 Å². The lowest BCUT2D eigenvalue weighted by Crippen LogP contribution is -2.09. The second kappa shape index (κ2) is 4.94. The predicted octanol–water partition coefficient (Wildman–Crippen LogP) is 0.0518. The van der Waals surface area contributed by atoms with Crippen LogP contribution in [-0.2, 0) is 9.53 Å². The fraction of sp³-hybridized carbons (Fsp3) is 0.222. The van der Waals surface area contributed by atoms with Gasteiger partial charge in [-0.15, -0.1) is 0 Å². The first-order valence-electron chi connectivity index (χ1n) is 4.15. The van der Waals surface area contributed by atoms with Crippen molar-refractivity contribution < 1.29 is 14.6 Å². The molecule has 0 aliphatic rings. The summed E-state index contributed by atoms with van der Waals surface area (Å²) in [7, 11) is 1.27. The van der Waals surface area contributed by atoms with Gasteiger partial charge < -0.3 is 14.8 Å². The van der Waals surface area contributed by atoms with Crippen molar-refractivity contribution in [1.82, 2.24) is 9.97 Å². The van der Waals surface area contributed by atoms with Crippen molar-refractivity contribution >= 4 is 12.0 Å². The molecule has 1 rings (SSSR count). The summed E-state index contributed by atoms with van der Waals surface area (Å²) < 4.78 is 4.39. The van der Waals surface area contributed by atoms with Crippen molar-refractivity contribution in [2.45, 2.75) is 6.42 Å². The summed E-state index contributed by atoms with van der Waals surface area (Å²) in [6, 6.07) is 0. The van der Waals surface area contributed by atoms with Crippen LogP contribution >= 0.6 is 0 Å². The number of esters is 1. The van der Waals surface area contributed by atoms with Gasteiger partial charge in [-0.3, -0.25) is 9.59 Å². The highest BCUT2D eigenvalue weighted by Crippen LogP contribution is 2.08. The molecule has 0 unspecified atom stereocenters. The van der Waals surface area contributed by atoms with E-state index in [1.165, 1.54) is 19.3 Å². The number of aromatic amines is 1. The number of hydrogen-bond acceptors (Lipinski definition) is 5. The summed E-state index contributed by atoms with van der Waals surface area (Å²) >= 11 is 0. The third kappa shape index (κ3) is 2.94. The zero-order valence-corrected chi connectivity index (χ0v) is 8.06. The Morgan fingerprint density at radius 2 is 2.47 bits per heavy atom. The van der Waals surface area contributed by atoms with E-state index in [1.54, 1.807) is 0 Å². The monoisotopic (exact) mass is 210 g/mol. The Morgan fingerprint density at radius 3 is 3.07 bits per heavy atom. The fourth-order valence-corrected chi connectivity index (χ4v) is 0.907. The smallest absolute Gasteiger partial charge is 0.309 e. The highest BCUT2D eigenvalue weighted by Gasteiger charge is 2.03. The van der Waals surface area contributed by atoms with Crippen LogP contribution in [0.5, 0.6) is 5.88 Å². The maximum Gasteiger partial charge on any atom is 0.309 e. The van der Waals surface area contributed by atoms with E-state index in [4.69, 9.17) is 0 Å². The van der Waals surface area contributed by atoms with Crippen molar-refractivity contribution in [2.24, 2.45) is 0 Å². The quantitative estimate of drug-likeness (QED) is 0.688. The van der Waals surface area contributed by atoms with Crippen LogP contribution in [0.2, 0.25) is 0 Å². The molecular formula is C9H10N2O4. The van der Waals surface area contributed by atoms with Gasteiger partial charge in [0.15, 0.2) is 0 Å². The fourth-order valence-electron chi connectivity index (χ4n) is 0.907. The van der Waals surface area contributed by atoms with Crippen LogP contribution in [0.3, 0.4) is 0 Å². The van der Waals surface area contributed by atoms with Gasteiger partial charge >= 0.3 is 5.97 Å². The third-order valence-electron chi connectivity index (χ3n) is 1.66. The van der Waals surface area contributed by atoms with Gasteiger partial charge in [0.05, 0.1) is 19.9 Å². The number of ether oxygens (including phenoxy) is 1. The Labute approximate surface area is 85.2 Å². The molecule has 0 saturated heterocycles. The number of aromatic hydroxyl groups is 1. The summed E-state index contributed by atoms with van der Waals surface area (Å²) in [6.07, 6.45) is 3.86. The van der Waals surface area contributed by atoms with Gasteiger partial charge in [-0.25, -0.2) is 4.98 Å². The standard InChI is InChI=1S/C9H10N2O4/c1-15-7(12)4-2-3-6-8(13)10-5-11-9(6)14/h2-3,5H,4H2,1H3,(H2,10,11,13,14). The molecule has 0 radical (unpaired) electrons. The van der Waals surface area contributed by atoms with E-state index in [0.717, 1.165) is 6.33 Å². The molecule has 6 nitrogen and oxygen atoms in total. The predicted molar refractivity (Wildman–Crippen MR) is 52.2 cm³/mol. The van der Waals surface area contributed by atoms with E-state index in [2.05, 4.69) is 14.7 Å². The minimum atomic E-state index is -0.469. The number of nitrogens with zero attached hydrogens (tertiary/aromatic N) is 1. The largest absolute Gasteiger partial charge is 0.493 e. The van der Waals surface area contributed by atoms with Gasteiger partial charge in [-0.05, 0) is 6.08 Å². The SMILES string of the molecule is COC(=O)CC=Cc1c(O)nc[nH]c1=O. The van der Waals surface area contributed by atoms with Gasteiger partial charge in [0, 0.05) is 0 Å². The molecule has 0 spiro atoms. The van der Waals surface area contributed by atoms with Crippen LogP contribution in [0.25, 0.3) is 6.08 Å². The molecule has 0 aromatic carbocycles. The molecule has 0 aliphatic heterocycles. The number of nitrogens with one attached hydrogen (secondary N) is 1. The lowest BCUT2D eigenvalue weighted by Gasteiger charge is -1.95. The molecule has 1 aromatic rings. The number of H-pyrrole nitrogens is 1. The minimum absolute atomic E-state index is 0.0152. The van der Waals surface area contributed by atoms with Crippen molar-refractivity contribution in [3.8, 4) is 5.88 Å². The molecule has 0 aliphatic carbocycles. The molecule has 0 bridgehead atoms. The summed E-state index contributed by atoms with van der Waals surface area (Å²) in [5, 5.41) is 9.22. The zero-order valence-electron chi connectivity index (χ0n) is 8.06. The molecule has 0 atom stereocenters. The first-order valence-corrected chi connectivity index (χ1v) is 4.15. The molecule has 2 N–H and O–H groups in total. The zero-order chi connectivity index (χ0) is 11.3. The van der Waals surface area contributed by atoms with Gasteiger partial charge in [0.25, 0.3) is 5.56 Å². The molecule has 80 valence electrons. The van der Waals surface area contributed by atoms with Crippen LogP contribution in [0, 0.1) is 0 Å². The Hall–Kier alpha value is -2.11. The Balaban J connectivity index is 2.81. The minimum Gasteiger partial charge on any atom is -0.493 e. The highest BCUT2D eigenvalue weighted by molar-refractivity contribution is 5.72. The third-order valence-corrected chi connectivity index (χ3v) is 1.66. The molecule has 0 fully saturated rings. The van der Waals surface area contributed by atoms with Crippen LogP contribution in [0.1, 0.15) is 12.0 Å². The lowest BCUT2D eigenvalue weighted by molar-refractivity contribution is -0.139. The molecule has 15 heavy (non-hydrogen) atoms. The maximum atomic E-state index is 11.2. The topological polar surface area (TPSA) is 92.3 Å². The molecular weight excluding hydrogens is 200 g/mol. The number of methoxy groups -OCH3 is 1. The molecule has 1 aromatic heterocycles. The number of rotatable bonds is 3. The molecule has 1 heterocycles. The van der Waals surface area contributed by atoms with E-state index in [0.29, 0.717) is 0 Å². The molecule has 6 heteroatoms. The van der Waals surface area contributed by atoms with E-state index >= 15 is 0 Å². The second-order valence-electron chi connectivity index (χ2n) is 2.65. The number of hydrogen-bond donors (Lipinski definition) is 2. The summed E-state index contributed by atoms with van der Waals surface area (Å²) in [5.74, 6) is -0.800. The van der Waals surface area contributed by atoms with Gasteiger partial charge in [0.1, 0.15) is 5.56 Å². The first kappa shape index (κ1) is 11.0. The average molecular weight is 210 g/mol. The summed E-state index contributed by atoms with van der Waals surface area (Å²) in [5.41, 5.74) is -0.454. The van der Waals surface area contributed by atoms with Crippen LogP contribution < -0.4 is 5.56 Å². The van der Waals surface area contributed by atoms with E-state index < -0.39 is 11.5 Å². The number of carbonyl (C=O) groups is 1. The number of carbonyl (C=O) groups excluding carboxylic acids is 1. The molecule has 0 saturated carbocycles. The summed E-state index contributed by atoms with van der Waals surface area (Å²) in [4.78, 5) is 27.7. The van der Waals surface area contributed by atoms with Crippen molar-refractivity contribution in [2.75, 3.05) is 7.11 Å². The van der Waals surface area contributed by atoms with E-state index in [9.17, 15) is 14.7 Å². The van der Waals surface area contributed by atoms with Gasteiger partial charge in [0.2, 0.25) is 5.88 Å². The molecule has 0 amide bonds. The van der Waals surface area contributed by atoms with Crippen LogP contribution in [0.15, 0.2) is 17.2 Å². The van der Waals surface area contributed by atoms with Crippen molar-refractivity contribution in [1.29, 1.82) is 0 Å². The average Bonchev–Trinajstić information content (AvgIpc) is 2.22. The van der Waals surface area contributed by atoms with Crippen LogP contribution in [-0.4, -0.2) is 28.2 Å². The normalized spacial score (nSPS) is 10.5. The Kier molecular flexibility index (Phi) is 3.61. The van der Waals surface area contributed by atoms with Crippen molar-refractivity contribution in [3.05, 3.63) is 28.3 Å². The van der Waals surface area contributed by atoms with E-state index in [-0.39, 0.29) is 17.9 Å². The lowest BCUT2D eigenvalue weighted by atomic mass is 10.2. The summed E-state index contributed by atoms with van der Waals surface area (Å²) in [6.45, 7) is 0. The second-order valence-corrected chi connectivity index (χ2v) is 2.65. The van der Waals surface area contributed by atoms with Gasteiger partial charge in [-0.2, -0.15) is 0 Å². The van der Waals surface area contributed by atoms with Crippen molar-refractivity contribution in [3.63, 3.8) is 0 Å². The van der Waals surface area contributed by atoms with Gasteiger partial charge in [-0.1, -0.05) is 6.08 Å². The Bertz CT molecular complexity index is 436.